The normalized spacial score (nSPS) is 24.3. The molecule has 1 atom stereocenters. The molecular formula is C14H22N4O. The summed E-state index contributed by atoms with van der Waals surface area (Å²) >= 11 is 0. The zero-order valence-corrected chi connectivity index (χ0v) is 11.5. The third-order valence-electron chi connectivity index (χ3n) is 4.33. The van der Waals surface area contributed by atoms with E-state index in [1.165, 1.54) is 6.42 Å². The highest BCUT2D eigenvalue weighted by Gasteiger charge is 2.31. The van der Waals surface area contributed by atoms with Crippen molar-refractivity contribution in [1.82, 2.24) is 15.1 Å². The van der Waals surface area contributed by atoms with Gasteiger partial charge in [-0.15, -0.1) is 0 Å². The third kappa shape index (κ3) is 2.46. The molecule has 1 unspecified atom stereocenters. The summed E-state index contributed by atoms with van der Waals surface area (Å²) < 4.78 is 0. The van der Waals surface area contributed by atoms with Gasteiger partial charge in [0.05, 0.1) is 11.4 Å². The van der Waals surface area contributed by atoms with Gasteiger partial charge < -0.3 is 10.6 Å². The maximum atomic E-state index is 12.5. The number of hydrogen-bond acceptors (Lipinski definition) is 3. The number of carbonyl (C=O) groups is 1. The Morgan fingerprint density at radius 1 is 1.32 bits per heavy atom. The monoisotopic (exact) mass is 262 g/mol. The van der Waals surface area contributed by atoms with E-state index in [-0.39, 0.29) is 5.91 Å². The lowest BCUT2D eigenvalue weighted by Crippen LogP contribution is -2.32. The van der Waals surface area contributed by atoms with Crippen molar-refractivity contribution in [2.45, 2.75) is 44.9 Å². The molecular weight excluding hydrogens is 240 g/mol. The van der Waals surface area contributed by atoms with E-state index in [9.17, 15) is 4.79 Å². The maximum absolute atomic E-state index is 12.5. The van der Waals surface area contributed by atoms with Gasteiger partial charge in [0.2, 0.25) is 0 Å². The van der Waals surface area contributed by atoms with Gasteiger partial charge in [-0.2, -0.15) is 5.10 Å². The second kappa shape index (κ2) is 4.87. The van der Waals surface area contributed by atoms with Crippen LogP contribution in [0.5, 0.6) is 0 Å². The van der Waals surface area contributed by atoms with Crippen LogP contribution >= 0.6 is 0 Å². The molecule has 0 bridgehead atoms. The van der Waals surface area contributed by atoms with Gasteiger partial charge in [0.15, 0.2) is 5.69 Å². The minimum atomic E-state index is -0.00486. The number of nitrogens with zero attached hydrogens (tertiary/aromatic N) is 2. The van der Waals surface area contributed by atoms with Crippen molar-refractivity contribution in [1.29, 1.82) is 0 Å². The molecule has 1 aliphatic carbocycles. The molecule has 1 aromatic rings. The van der Waals surface area contributed by atoms with E-state index in [0.717, 1.165) is 44.5 Å². The summed E-state index contributed by atoms with van der Waals surface area (Å²) in [5.74, 6) is 1.20. The van der Waals surface area contributed by atoms with Gasteiger partial charge in [-0.05, 0) is 38.0 Å². The van der Waals surface area contributed by atoms with Gasteiger partial charge in [-0.3, -0.25) is 9.89 Å². The molecule has 104 valence electrons. The minimum absolute atomic E-state index is 0.00486. The standard InChI is InChI=1S/C14H22N4O/c1-9-3-2-7-18(8-6-9)14(19)13-11(15)12(16-17-13)10-4-5-10/h9-10H,2-8,15H2,1H3,(H,16,17). The van der Waals surface area contributed by atoms with Crippen LogP contribution in [-0.2, 0) is 0 Å². The quantitative estimate of drug-likeness (QED) is 0.857. The first-order valence-electron chi connectivity index (χ1n) is 7.30. The number of nitrogens with two attached hydrogens (primary N) is 1. The first kappa shape index (κ1) is 12.5. The van der Waals surface area contributed by atoms with Crippen LogP contribution in [0.1, 0.15) is 61.1 Å². The van der Waals surface area contributed by atoms with Crippen LogP contribution in [0.4, 0.5) is 5.69 Å². The molecule has 1 saturated carbocycles. The zero-order valence-electron chi connectivity index (χ0n) is 11.5. The molecule has 3 rings (SSSR count). The Morgan fingerprint density at radius 3 is 2.84 bits per heavy atom. The predicted molar refractivity (Wildman–Crippen MR) is 73.9 cm³/mol. The summed E-state index contributed by atoms with van der Waals surface area (Å²) in [5.41, 5.74) is 8.04. The summed E-state index contributed by atoms with van der Waals surface area (Å²) in [7, 11) is 0. The number of anilines is 1. The molecule has 3 N–H and O–H groups in total. The molecule has 1 saturated heterocycles. The van der Waals surface area contributed by atoms with Gasteiger partial charge in [-0.25, -0.2) is 0 Å². The summed E-state index contributed by atoms with van der Waals surface area (Å²) in [6.07, 6.45) is 5.66. The highest BCUT2D eigenvalue weighted by molar-refractivity contribution is 5.97. The number of H-pyrrole nitrogens is 1. The molecule has 1 aliphatic heterocycles. The average molecular weight is 262 g/mol. The van der Waals surface area contributed by atoms with Gasteiger partial charge in [0, 0.05) is 19.0 Å². The number of aromatic amines is 1. The van der Waals surface area contributed by atoms with Crippen molar-refractivity contribution >= 4 is 11.6 Å². The van der Waals surface area contributed by atoms with Crippen molar-refractivity contribution in [3.05, 3.63) is 11.4 Å². The van der Waals surface area contributed by atoms with E-state index in [4.69, 9.17) is 5.73 Å². The molecule has 5 heteroatoms. The molecule has 0 aromatic carbocycles. The third-order valence-corrected chi connectivity index (χ3v) is 4.33. The first-order chi connectivity index (χ1) is 9.16. The van der Waals surface area contributed by atoms with Gasteiger partial charge >= 0.3 is 0 Å². The van der Waals surface area contributed by atoms with E-state index < -0.39 is 0 Å². The van der Waals surface area contributed by atoms with Crippen molar-refractivity contribution in [3.63, 3.8) is 0 Å². The van der Waals surface area contributed by atoms with Crippen molar-refractivity contribution < 1.29 is 4.79 Å². The van der Waals surface area contributed by atoms with Crippen molar-refractivity contribution in [3.8, 4) is 0 Å². The Hall–Kier alpha value is -1.52. The maximum Gasteiger partial charge on any atom is 0.276 e. The van der Waals surface area contributed by atoms with Crippen molar-refractivity contribution in [2.75, 3.05) is 18.8 Å². The lowest BCUT2D eigenvalue weighted by atomic mass is 10.0. The van der Waals surface area contributed by atoms with E-state index >= 15 is 0 Å². The van der Waals surface area contributed by atoms with Gasteiger partial charge in [0.25, 0.3) is 5.91 Å². The second-order valence-electron chi connectivity index (χ2n) is 6.00. The Morgan fingerprint density at radius 2 is 2.11 bits per heavy atom. The second-order valence-corrected chi connectivity index (χ2v) is 6.00. The molecule has 1 aromatic heterocycles. The van der Waals surface area contributed by atoms with E-state index in [0.29, 0.717) is 23.2 Å². The number of nitrogen functional groups attached to an aromatic ring is 1. The van der Waals surface area contributed by atoms with Crippen LogP contribution in [0, 0.1) is 5.92 Å². The highest BCUT2D eigenvalue weighted by Crippen LogP contribution is 2.42. The van der Waals surface area contributed by atoms with Crippen LogP contribution < -0.4 is 5.73 Å². The molecule has 2 heterocycles. The average Bonchev–Trinajstić information content (AvgIpc) is 3.18. The van der Waals surface area contributed by atoms with Crippen LogP contribution in [0.25, 0.3) is 0 Å². The van der Waals surface area contributed by atoms with E-state index in [2.05, 4.69) is 17.1 Å². The topological polar surface area (TPSA) is 75.0 Å². The Kier molecular flexibility index (Phi) is 3.21. The number of amides is 1. The Bertz CT molecular complexity index is 478. The first-order valence-corrected chi connectivity index (χ1v) is 7.30. The fourth-order valence-corrected chi connectivity index (χ4v) is 2.83. The zero-order chi connectivity index (χ0) is 13.4. The van der Waals surface area contributed by atoms with Crippen LogP contribution in [0.3, 0.4) is 0 Å². The number of rotatable bonds is 2. The lowest BCUT2D eigenvalue weighted by Gasteiger charge is -2.19. The molecule has 0 radical (unpaired) electrons. The number of likely N-dealkylation sites (tertiary alicyclic amines) is 1. The smallest absolute Gasteiger partial charge is 0.276 e. The van der Waals surface area contributed by atoms with Crippen LogP contribution in [-0.4, -0.2) is 34.1 Å². The fraction of sp³-hybridized carbons (Fsp3) is 0.714. The molecule has 2 fully saturated rings. The van der Waals surface area contributed by atoms with Gasteiger partial charge in [0.1, 0.15) is 0 Å². The molecule has 2 aliphatic rings. The van der Waals surface area contributed by atoms with E-state index in [1.54, 1.807) is 0 Å². The number of nitrogens with one attached hydrogen (secondary N) is 1. The SMILES string of the molecule is CC1CCCN(C(=O)c2n[nH]c(C3CC3)c2N)CC1. The molecule has 1 amide bonds. The van der Waals surface area contributed by atoms with Crippen LogP contribution in [0.2, 0.25) is 0 Å². The van der Waals surface area contributed by atoms with Crippen molar-refractivity contribution in [2.24, 2.45) is 5.92 Å². The summed E-state index contributed by atoms with van der Waals surface area (Å²) in [5, 5.41) is 7.12. The minimum Gasteiger partial charge on any atom is -0.395 e. The molecule has 5 nitrogen and oxygen atoms in total. The van der Waals surface area contributed by atoms with E-state index in [1.807, 2.05) is 4.90 Å². The molecule has 0 spiro atoms. The Labute approximate surface area is 113 Å². The summed E-state index contributed by atoms with van der Waals surface area (Å²) in [6.45, 7) is 3.90. The van der Waals surface area contributed by atoms with Gasteiger partial charge in [-0.1, -0.05) is 6.92 Å². The predicted octanol–water partition coefficient (Wildman–Crippen LogP) is 2.13. The number of hydrogen-bond donors (Lipinski definition) is 2. The summed E-state index contributed by atoms with van der Waals surface area (Å²) in [4.78, 5) is 14.4. The molecule has 19 heavy (non-hydrogen) atoms. The lowest BCUT2D eigenvalue weighted by molar-refractivity contribution is 0.0755. The summed E-state index contributed by atoms with van der Waals surface area (Å²) in [6, 6.07) is 0. The largest absolute Gasteiger partial charge is 0.395 e. The Balaban J connectivity index is 1.75. The fourth-order valence-electron chi connectivity index (χ4n) is 2.83. The van der Waals surface area contributed by atoms with Crippen LogP contribution in [0.15, 0.2) is 0 Å². The highest BCUT2D eigenvalue weighted by atomic mass is 16.2. The number of aromatic nitrogens is 2. The number of carbonyl (C=O) groups excluding carboxylic acids is 1.